The van der Waals surface area contributed by atoms with Gasteiger partial charge < -0.3 is 10.4 Å². The highest BCUT2D eigenvalue weighted by Crippen LogP contribution is 2.09. The normalized spacial score (nSPS) is 16.5. The highest BCUT2D eigenvalue weighted by atomic mass is 16.4. The predicted octanol–water partition coefficient (Wildman–Crippen LogP) is 1.65. The minimum atomic E-state index is -0.957. The molecule has 0 fully saturated rings. The van der Waals surface area contributed by atoms with Crippen molar-refractivity contribution in [2.75, 3.05) is 0 Å². The fourth-order valence-corrected chi connectivity index (χ4v) is 1.16. The van der Waals surface area contributed by atoms with Gasteiger partial charge in [-0.3, -0.25) is 4.79 Å². The molecule has 0 spiro atoms. The van der Waals surface area contributed by atoms with E-state index in [9.17, 15) is 9.59 Å². The Hall–Kier alpha value is -1.06. The molecule has 0 aromatic carbocycles. The number of carbonyl (C=O) groups is 2. The zero-order valence-corrected chi connectivity index (χ0v) is 9.91. The number of carboxylic acid groups (broad SMARTS) is 1. The van der Waals surface area contributed by atoms with Crippen LogP contribution in [-0.2, 0) is 9.59 Å². The fourth-order valence-electron chi connectivity index (χ4n) is 1.16. The minimum absolute atomic E-state index is 0.0458. The molecule has 0 heterocycles. The van der Waals surface area contributed by atoms with E-state index in [1.807, 2.05) is 20.8 Å². The number of amides is 1. The van der Waals surface area contributed by atoms with Gasteiger partial charge in [0, 0.05) is 5.92 Å². The van der Waals surface area contributed by atoms with Gasteiger partial charge in [-0.25, -0.2) is 4.79 Å². The third-order valence-corrected chi connectivity index (χ3v) is 2.84. The van der Waals surface area contributed by atoms with Crippen LogP contribution in [0.2, 0.25) is 0 Å². The number of carbonyl (C=O) groups excluding carboxylic acids is 1. The van der Waals surface area contributed by atoms with E-state index in [0.29, 0.717) is 0 Å². The van der Waals surface area contributed by atoms with Crippen LogP contribution in [-0.4, -0.2) is 23.0 Å². The third kappa shape index (κ3) is 4.32. The molecule has 4 heteroatoms. The Morgan fingerprint density at radius 1 is 1.20 bits per heavy atom. The third-order valence-electron chi connectivity index (χ3n) is 2.84. The van der Waals surface area contributed by atoms with Gasteiger partial charge in [-0.15, -0.1) is 0 Å². The summed E-state index contributed by atoms with van der Waals surface area (Å²) in [6.07, 6.45) is 1.45. The summed E-state index contributed by atoms with van der Waals surface area (Å²) < 4.78 is 0. The molecule has 2 N–H and O–H groups in total. The molecule has 0 rings (SSSR count). The first-order valence-electron chi connectivity index (χ1n) is 5.47. The van der Waals surface area contributed by atoms with Crippen LogP contribution in [0.5, 0.6) is 0 Å². The molecule has 88 valence electrons. The van der Waals surface area contributed by atoms with Crippen molar-refractivity contribution >= 4 is 11.9 Å². The number of nitrogens with one attached hydrogen (secondary N) is 1. The van der Waals surface area contributed by atoms with Crippen molar-refractivity contribution in [2.24, 2.45) is 11.8 Å². The first-order valence-corrected chi connectivity index (χ1v) is 5.47. The van der Waals surface area contributed by atoms with E-state index in [1.165, 1.54) is 0 Å². The summed E-state index contributed by atoms with van der Waals surface area (Å²) in [4.78, 5) is 22.5. The first kappa shape index (κ1) is 13.9. The molecule has 3 atom stereocenters. The van der Waals surface area contributed by atoms with Gasteiger partial charge in [-0.05, 0) is 12.3 Å². The van der Waals surface area contributed by atoms with Crippen molar-refractivity contribution in [3.05, 3.63) is 0 Å². The van der Waals surface area contributed by atoms with Gasteiger partial charge in [-0.1, -0.05) is 34.1 Å². The van der Waals surface area contributed by atoms with Gasteiger partial charge in [0.25, 0.3) is 0 Å². The molecule has 0 aliphatic carbocycles. The van der Waals surface area contributed by atoms with Crippen molar-refractivity contribution in [3.8, 4) is 0 Å². The summed E-state index contributed by atoms with van der Waals surface area (Å²) in [5, 5.41) is 11.5. The molecule has 0 aromatic rings. The number of hydrogen-bond donors (Lipinski definition) is 2. The van der Waals surface area contributed by atoms with Crippen LogP contribution in [0, 0.1) is 11.8 Å². The standard InChI is InChI=1S/C11H21NO3/c1-5-7(3)9(11(14)15)12-10(13)8(4)6-2/h7-9H,5-6H2,1-4H3,(H,12,13)(H,14,15)/t7-,8+,9+/m1/s1. The van der Waals surface area contributed by atoms with Crippen LogP contribution in [0.1, 0.15) is 40.5 Å². The maximum Gasteiger partial charge on any atom is 0.326 e. The second-order valence-electron chi connectivity index (χ2n) is 4.02. The van der Waals surface area contributed by atoms with E-state index in [-0.39, 0.29) is 17.7 Å². The molecule has 0 aliphatic rings. The van der Waals surface area contributed by atoms with E-state index >= 15 is 0 Å². The van der Waals surface area contributed by atoms with Crippen LogP contribution in [0.4, 0.5) is 0 Å². The van der Waals surface area contributed by atoms with Gasteiger partial charge in [-0.2, -0.15) is 0 Å². The number of aliphatic carboxylic acids is 1. The van der Waals surface area contributed by atoms with E-state index in [4.69, 9.17) is 5.11 Å². The molecule has 4 nitrogen and oxygen atoms in total. The molecule has 0 aromatic heterocycles. The quantitative estimate of drug-likeness (QED) is 0.708. The van der Waals surface area contributed by atoms with Crippen molar-refractivity contribution in [1.29, 1.82) is 0 Å². The molecule has 0 bridgehead atoms. The maximum atomic E-state index is 11.5. The lowest BCUT2D eigenvalue weighted by Crippen LogP contribution is -2.46. The second kappa shape index (κ2) is 6.43. The predicted molar refractivity (Wildman–Crippen MR) is 58.5 cm³/mol. The second-order valence-corrected chi connectivity index (χ2v) is 4.02. The molecule has 0 radical (unpaired) electrons. The molecular formula is C11H21NO3. The van der Waals surface area contributed by atoms with Crippen molar-refractivity contribution < 1.29 is 14.7 Å². The van der Waals surface area contributed by atoms with Crippen molar-refractivity contribution in [3.63, 3.8) is 0 Å². The van der Waals surface area contributed by atoms with Gasteiger partial charge >= 0.3 is 5.97 Å². The van der Waals surface area contributed by atoms with Crippen LogP contribution in [0.3, 0.4) is 0 Å². The molecule has 0 saturated carbocycles. The Balaban J connectivity index is 4.42. The molecule has 0 saturated heterocycles. The molecule has 0 aliphatic heterocycles. The minimum Gasteiger partial charge on any atom is -0.480 e. The Morgan fingerprint density at radius 2 is 1.73 bits per heavy atom. The average molecular weight is 215 g/mol. The highest BCUT2D eigenvalue weighted by molar-refractivity contribution is 5.84. The summed E-state index contributed by atoms with van der Waals surface area (Å²) in [5.41, 5.74) is 0. The van der Waals surface area contributed by atoms with Gasteiger partial charge in [0.1, 0.15) is 6.04 Å². The average Bonchev–Trinajstić information content (AvgIpc) is 2.22. The Kier molecular flexibility index (Phi) is 5.97. The smallest absolute Gasteiger partial charge is 0.326 e. The zero-order valence-electron chi connectivity index (χ0n) is 9.91. The molecular weight excluding hydrogens is 194 g/mol. The molecule has 0 unspecified atom stereocenters. The SMILES string of the molecule is CC[C@@H](C)[C@H](NC(=O)[C@@H](C)CC)C(=O)O. The first-order chi connectivity index (χ1) is 6.93. The van der Waals surface area contributed by atoms with E-state index in [1.54, 1.807) is 6.92 Å². The Morgan fingerprint density at radius 3 is 2.07 bits per heavy atom. The van der Waals surface area contributed by atoms with E-state index < -0.39 is 12.0 Å². The molecule has 15 heavy (non-hydrogen) atoms. The van der Waals surface area contributed by atoms with E-state index in [2.05, 4.69) is 5.32 Å². The largest absolute Gasteiger partial charge is 0.480 e. The number of hydrogen-bond acceptors (Lipinski definition) is 2. The molecule has 1 amide bonds. The highest BCUT2D eigenvalue weighted by Gasteiger charge is 2.26. The monoisotopic (exact) mass is 215 g/mol. The summed E-state index contributed by atoms with van der Waals surface area (Å²) in [7, 11) is 0. The topological polar surface area (TPSA) is 66.4 Å². The lowest BCUT2D eigenvalue weighted by molar-refractivity contribution is -0.143. The van der Waals surface area contributed by atoms with E-state index in [0.717, 1.165) is 12.8 Å². The van der Waals surface area contributed by atoms with Gasteiger partial charge in [0.15, 0.2) is 0 Å². The summed E-state index contributed by atoms with van der Waals surface area (Å²) in [6.45, 7) is 7.44. The number of rotatable bonds is 6. The Bertz CT molecular complexity index is 228. The lowest BCUT2D eigenvalue weighted by Gasteiger charge is -2.21. The Labute approximate surface area is 91.1 Å². The maximum absolute atomic E-state index is 11.5. The summed E-state index contributed by atoms with van der Waals surface area (Å²) in [5.74, 6) is -1.31. The van der Waals surface area contributed by atoms with Crippen LogP contribution in [0.15, 0.2) is 0 Å². The van der Waals surface area contributed by atoms with Crippen LogP contribution >= 0.6 is 0 Å². The summed E-state index contributed by atoms with van der Waals surface area (Å²) >= 11 is 0. The van der Waals surface area contributed by atoms with Crippen molar-refractivity contribution in [1.82, 2.24) is 5.32 Å². The van der Waals surface area contributed by atoms with Crippen molar-refractivity contribution in [2.45, 2.75) is 46.6 Å². The number of carboxylic acids is 1. The zero-order chi connectivity index (χ0) is 12.0. The fraction of sp³-hybridized carbons (Fsp3) is 0.818. The van der Waals surface area contributed by atoms with Gasteiger partial charge in [0.05, 0.1) is 0 Å². The lowest BCUT2D eigenvalue weighted by atomic mass is 9.98. The van der Waals surface area contributed by atoms with Crippen LogP contribution in [0.25, 0.3) is 0 Å². The summed E-state index contributed by atoms with van der Waals surface area (Å²) in [6, 6.07) is -0.767. The van der Waals surface area contributed by atoms with Crippen LogP contribution < -0.4 is 5.32 Å². The van der Waals surface area contributed by atoms with Gasteiger partial charge in [0.2, 0.25) is 5.91 Å².